The van der Waals surface area contributed by atoms with Crippen LogP contribution in [-0.4, -0.2) is 61.0 Å². The molecule has 0 spiro atoms. The van der Waals surface area contributed by atoms with E-state index in [9.17, 15) is 9.59 Å². The molecule has 0 aliphatic heterocycles. The van der Waals surface area contributed by atoms with E-state index in [2.05, 4.69) is 4.90 Å². The maximum Gasteiger partial charge on any atom is 0.307 e. The van der Waals surface area contributed by atoms with Crippen LogP contribution < -0.4 is 0 Å². The molecule has 0 aromatic heterocycles. The molecule has 0 fully saturated rings. The average molecular weight is 244 g/mol. The Morgan fingerprint density at radius 1 is 1.06 bits per heavy atom. The number of hydrogen-bond acceptors (Lipinski definition) is 3. The summed E-state index contributed by atoms with van der Waals surface area (Å²) in [6.07, 6.45) is 0.892. The number of carbonyl (C=O) groups is 2. The standard InChI is InChI=1S/C12H24N2O3/c1-9(10(2)12(16)17)11(15)14(5)8-6-7-13(3)4/h9-10H,6-8H2,1-5H3,(H,16,17). The predicted molar refractivity (Wildman–Crippen MR) is 66.8 cm³/mol. The molecule has 100 valence electrons. The SMILES string of the molecule is CC(C(=O)O)C(C)C(=O)N(C)CCCN(C)C. The smallest absolute Gasteiger partial charge is 0.307 e. The highest BCUT2D eigenvalue weighted by Gasteiger charge is 2.27. The fourth-order valence-corrected chi connectivity index (χ4v) is 1.51. The van der Waals surface area contributed by atoms with Crippen LogP contribution in [0.5, 0.6) is 0 Å². The van der Waals surface area contributed by atoms with E-state index in [1.54, 1.807) is 25.8 Å². The molecule has 5 nitrogen and oxygen atoms in total. The first-order valence-corrected chi connectivity index (χ1v) is 5.89. The van der Waals surface area contributed by atoms with Gasteiger partial charge < -0.3 is 14.9 Å². The van der Waals surface area contributed by atoms with E-state index in [-0.39, 0.29) is 5.91 Å². The Hall–Kier alpha value is -1.10. The van der Waals surface area contributed by atoms with E-state index < -0.39 is 17.8 Å². The third kappa shape index (κ3) is 5.68. The molecule has 2 unspecified atom stereocenters. The minimum atomic E-state index is -0.924. The molecule has 0 saturated carbocycles. The van der Waals surface area contributed by atoms with E-state index in [1.807, 2.05) is 14.1 Å². The van der Waals surface area contributed by atoms with Crippen molar-refractivity contribution in [3.8, 4) is 0 Å². The summed E-state index contributed by atoms with van der Waals surface area (Å²) in [5.74, 6) is -2.14. The normalized spacial score (nSPS) is 14.5. The summed E-state index contributed by atoms with van der Waals surface area (Å²) in [6.45, 7) is 4.82. The summed E-state index contributed by atoms with van der Waals surface area (Å²) in [6, 6.07) is 0. The van der Waals surface area contributed by atoms with Crippen molar-refractivity contribution in [1.82, 2.24) is 9.80 Å². The van der Waals surface area contributed by atoms with Crippen LogP contribution in [0.2, 0.25) is 0 Å². The van der Waals surface area contributed by atoms with Gasteiger partial charge in [-0.1, -0.05) is 13.8 Å². The fourth-order valence-electron chi connectivity index (χ4n) is 1.51. The van der Waals surface area contributed by atoms with Crippen LogP contribution in [0.4, 0.5) is 0 Å². The second-order valence-corrected chi connectivity index (χ2v) is 4.83. The van der Waals surface area contributed by atoms with Gasteiger partial charge in [0.25, 0.3) is 0 Å². The third-order valence-electron chi connectivity index (χ3n) is 3.00. The van der Waals surface area contributed by atoms with Crippen LogP contribution in [0.3, 0.4) is 0 Å². The minimum absolute atomic E-state index is 0.0985. The fraction of sp³-hybridized carbons (Fsp3) is 0.833. The number of rotatable bonds is 7. The summed E-state index contributed by atoms with van der Waals surface area (Å²) >= 11 is 0. The van der Waals surface area contributed by atoms with Crippen molar-refractivity contribution in [3.05, 3.63) is 0 Å². The minimum Gasteiger partial charge on any atom is -0.481 e. The monoisotopic (exact) mass is 244 g/mol. The number of aliphatic carboxylic acids is 1. The molecule has 0 aromatic carbocycles. The van der Waals surface area contributed by atoms with Crippen molar-refractivity contribution >= 4 is 11.9 Å². The molecule has 5 heteroatoms. The van der Waals surface area contributed by atoms with Crippen molar-refractivity contribution in [1.29, 1.82) is 0 Å². The number of hydrogen-bond donors (Lipinski definition) is 1. The summed E-state index contributed by atoms with van der Waals surface area (Å²) in [5.41, 5.74) is 0. The number of carboxylic acid groups (broad SMARTS) is 1. The zero-order valence-electron chi connectivity index (χ0n) is 11.4. The van der Waals surface area contributed by atoms with Gasteiger partial charge in [0, 0.05) is 19.5 Å². The Bertz CT molecular complexity index is 266. The van der Waals surface area contributed by atoms with Gasteiger partial charge >= 0.3 is 5.97 Å². The van der Waals surface area contributed by atoms with Gasteiger partial charge in [-0.25, -0.2) is 0 Å². The number of nitrogens with zero attached hydrogens (tertiary/aromatic N) is 2. The largest absolute Gasteiger partial charge is 0.481 e. The lowest BCUT2D eigenvalue weighted by atomic mass is 9.95. The zero-order chi connectivity index (χ0) is 13.6. The molecule has 1 N–H and O–H groups in total. The van der Waals surface area contributed by atoms with Crippen molar-refractivity contribution in [2.45, 2.75) is 20.3 Å². The molecule has 0 aromatic rings. The van der Waals surface area contributed by atoms with Gasteiger partial charge in [-0.15, -0.1) is 0 Å². The molecular formula is C12H24N2O3. The maximum absolute atomic E-state index is 11.9. The highest BCUT2D eigenvalue weighted by Crippen LogP contribution is 2.14. The van der Waals surface area contributed by atoms with Gasteiger partial charge in [0.05, 0.1) is 5.92 Å². The van der Waals surface area contributed by atoms with Crippen LogP contribution in [0.25, 0.3) is 0 Å². The summed E-state index contributed by atoms with van der Waals surface area (Å²) in [7, 11) is 5.69. The first-order valence-electron chi connectivity index (χ1n) is 5.89. The molecule has 17 heavy (non-hydrogen) atoms. The third-order valence-corrected chi connectivity index (χ3v) is 3.00. The number of carboxylic acids is 1. The van der Waals surface area contributed by atoms with E-state index in [1.165, 1.54) is 0 Å². The van der Waals surface area contributed by atoms with Crippen molar-refractivity contribution in [2.24, 2.45) is 11.8 Å². The molecule has 1 amide bonds. The Kier molecular flexibility index (Phi) is 6.80. The summed E-state index contributed by atoms with van der Waals surface area (Å²) in [5, 5.41) is 8.85. The molecule has 0 aliphatic carbocycles. The van der Waals surface area contributed by atoms with Crippen molar-refractivity contribution < 1.29 is 14.7 Å². The highest BCUT2D eigenvalue weighted by atomic mass is 16.4. The molecule has 0 radical (unpaired) electrons. The van der Waals surface area contributed by atoms with E-state index >= 15 is 0 Å². The Labute approximate surface area is 103 Å². The first-order chi connectivity index (χ1) is 7.77. The Morgan fingerprint density at radius 2 is 1.59 bits per heavy atom. The topological polar surface area (TPSA) is 60.9 Å². The number of amides is 1. The molecule has 0 saturated heterocycles. The van der Waals surface area contributed by atoms with Gasteiger partial charge in [-0.05, 0) is 27.1 Å². The molecule has 0 rings (SSSR count). The van der Waals surface area contributed by atoms with E-state index in [4.69, 9.17) is 5.11 Å². The molecular weight excluding hydrogens is 220 g/mol. The van der Waals surface area contributed by atoms with Gasteiger partial charge in [0.2, 0.25) is 5.91 Å². The van der Waals surface area contributed by atoms with Gasteiger partial charge in [-0.3, -0.25) is 9.59 Å². The van der Waals surface area contributed by atoms with Crippen LogP contribution in [0.15, 0.2) is 0 Å². The highest BCUT2D eigenvalue weighted by molar-refractivity contribution is 5.84. The van der Waals surface area contributed by atoms with Crippen LogP contribution in [0.1, 0.15) is 20.3 Å². The Balaban J connectivity index is 4.16. The predicted octanol–water partition coefficient (Wildman–Crippen LogP) is 0.753. The van der Waals surface area contributed by atoms with Gasteiger partial charge in [0.1, 0.15) is 0 Å². The molecule has 0 heterocycles. The van der Waals surface area contributed by atoms with E-state index in [0.717, 1.165) is 13.0 Å². The lowest BCUT2D eigenvalue weighted by Crippen LogP contribution is -2.37. The van der Waals surface area contributed by atoms with Gasteiger partial charge in [-0.2, -0.15) is 0 Å². The second kappa shape index (κ2) is 7.27. The summed E-state index contributed by atoms with van der Waals surface area (Å²) < 4.78 is 0. The quantitative estimate of drug-likeness (QED) is 0.718. The van der Waals surface area contributed by atoms with Crippen LogP contribution in [0, 0.1) is 11.8 Å². The van der Waals surface area contributed by atoms with Crippen LogP contribution in [-0.2, 0) is 9.59 Å². The maximum atomic E-state index is 11.9. The lowest BCUT2D eigenvalue weighted by molar-refractivity contribution is -0.148. The van der Waals surface area contributed by atoms with Crippen molar-refractivity contribution in [3.63, 3.8) is 0 Å². The second-order valence-electron chi connectivity index (χ2n) is 4.83. The lowest BCUT2D eigenvalue weighted by Gasteiger charge is -2.24. The van der Waals surface area contributed by atoms with E-state index in [0.29, 0.717) is 6.54 Å². The number of carbonyl (C=O) groups excluding carboxylic acids is 1. The average Bonchev–Trinajstić information content (AvgIpc) is 2.25. The molecule has 0 bridgehead atoms. The molecule has 0 aliphatic rings. The first kappa shape index (κ1) is 15.9. The van der Waals surface area contributed by atoms with Crippen LogP contribution >= 0.6 is 0 Å². The summed E-state index contributed by atoms with van der Waals surface area (Å²) in [4.78, 5) is 26.4. The Morgan fingerprint density at radius 3 is 2.00 bits per heavy atom. The molecule has 2 atom stereocenters. The van der Waals surface area contributed by atoms with Gasteiger partial charge in [0.15, 0.2) is 0 Å². The van der Waals surface area contributed by atoms with Crippen molar-refractivity contribution in [2.75, 3.05) is 34.2 Å². The zero-order valence-corrected chi connectivity index (χ0v) is 11.4.